The van der Waals surface area contributed by atoms with Crippen molar-refractivity contribution in [3.8, 4) is 50.5 Å². The first-order valence-corrected chi connectivity index (χ1v) is 26.7. The number of alkyl halides is 18. The number of likely N-dealkylation sites (tertiary alicyclic amines) is 2. The first-order valence-electron chi connectivity index (χ1n) is 25.1. The lowest BCUT2D eigenvalue weighted by Crippen LogP contribution is -2.38. The van der Waals surface area contributed by atoms with E-state index in [-0.39, 0.29) is 76.6 Å². The molecule has 1 N–H and O–H groups in total. The Kier molecular flexibility index (Phi) is 22.5. The standard InChI is InChI=1S/C27H21F10N3O2S.C25H19F8N3OS.C2H3F3O/c28-19-9-16(11-38)21(42-14-25(29,30)31)10-22(19)41-13-23-20(12-40-7-5-18(6-8-40)27(35,36)37)39-24(43-23)15-1-3-17(4-2-15)26(32,33)34;26-18-10-21(19(27)9-15(18)11-34)37-13-22-20(12-36-7-5-17(6-8-36)25(31,32)33)35-23(38-22)14-1-3-16(4-2-14)24(28,29)30;3-2(4,5)1-6/h1-4,9-10,18H,5-8,12-14H2;1-4,9-10,17H,5-8,12-13H2;6H,1H2. The highest BCUT2D eigenvalue weighted by Crippen LogP contribution is 2.40. The van der Waals surface area contributed by atoms with Gasteiger partial charge in [0.25, 0.3) is 0 Å². The molecule has 0 atom stereocenters. The molecule has 8 rings (SSSR count). The number of halogens is 21. The van der Waals surface area contributed by atoms with Gasteiger partial charge in [-0.1, -0.05) is 24.3 Å². The fourth-order valence-corrected chi connectivity index (χ4v) is 10.4. The van der Waals surface area contributed by atoms with Crippen molar-refractivity contribution in [1.29, 1.82) is 10.5 Å². The van der Waals surface area contributed by atoms with Crippen LogP contribution in [-0.4, -0.2) is 89.0 Å². The number of nitrogens with zero attached hydrogens (tertiary/aromatic N) is 6. The summed E-state index contributed by atoms with van der Waals surface area (Å²) in [7, 11) is 0. The van der Waals surface area contributed by atoms with Gasteiger partial charge in [0.05, 0.1) is 55.2 Å². The Labute approximate surface area is 487 Å². The van der Waals surface area contributed by atoms with Gasteiger partial charge in [-0.25, -0.2) is 23.1 Å². The molecule has 0 aliphatic carbocycles. The molecule has 0 spiro atoms. The molecule has 2 aromatic heterocycles. The summed E-state index contributed by atoms with van der Waals surface area (Å²) < 4.78 is 284. The van der Waals surface area contributed by atoms with Crippen LogP contribution in [0.1, 0.15) is 69.1 Å². The van der Waals surface area contributed by atoms with E-state index in [1.807, 2.05) is 0 Å². The van der Waals surface area contributed by atoms with Crippen LogP contribution in [0.4, 0.5) is 92.2 Å². The van der Waals surface area contributed by atoms with Crippen LogP contribution in [-0.2, 0) is 38.7 Å². The van der Waals surface area contributed by atoms with Crippen LogP contribution in [0.25, 0.3) is 21.1 Å². The Morgan fingerprint density at radius 1 is 0.494 bits per heavy atom. The van der Waals surface area contributed by atoms with E-state index < -0.39 is 126 Å². The van der Waals surface area contributed by atoms with Crippen molar-refractivity contribution in [2.45, 2.75) is 89.0 Å². The molecule has 6 aromatic rings. The van der Waals surface area contributed by atoms with Gasteiger partial charge in [-0.05, 0) is 88.3 Å². The normalized spacial score (nSPS) is 15.2. The van der Waals surface area contributed by atoms with Gasteiger partial charge in [-0.3, -0.25) is 9.80 Å². The second-order valence-corrected chi connectivity index (χ2v) is 21.3. The van der Waals surface area contributed by atoms with E-state index in [2.05, 4.69) is 14.7 Å². The van der Waals surface area contributed by atoms with Crippen LogP contribution in [0.2, 0.25) is 0 Å². The fourth-order valence-electron chi connectivity index (χ4n) is 8.37. The van der Waals surface area contributed by atoms with Crippen LogP contribution in [0.3, 0.4) is 0 Å². The summed E-state index contributed by atoms with van der Waals surface area (Å²) in [5.74, 6) is -7.43. The molecule has 0 radical (unpaired) electrons. The number of piperidine rings is 2. The Morgan fingerprint density at radius 3 is 1.20 bits per heavy atom. The van der Waals surface area contributed by atoms with Crippen LogP contribution in [0.15, 0.2) is 72.8 Å². The van der Waals surface area contributed by atoms with Crippen molar-refractivity contribution >= 4 is 22.7 Å². The zero-order valence-electron chi connectivity index (χ0n) is 44.1. The van der Waals surface area contributed by atoms with Crippen LogP contribution in [0.5, 0.6) is 17.2 Å². The topological polar surface area (TPSA) is 128 Å². The van der Waals surface area contributed by atoms with E-state index in [0.717, 1.165) is 59.1 Å². The minimum atomic E-state index is -4.73. The van der Waals surface area contributed by atoms with E-state index in [0.29, 0.717) is 49.4 Å². The van der Waals surface area contributed by atoms with E-state index in [1.165, 1.54) is 36.4 Å². The summed E-state index contributed by atoms with van der Waals surface area (Å²) in [5.41, 5.74) is -1.30. The lowest BCUT2D eigenvalue weighted by Gasteiger charge is -2.32. The summed E-state index contributed by atoms with van der Waals surface area (Å²) in [6, 6.07) is 14.4. The third-order valence-electron chi connectivity index (χ3n) is 12.9. The van der Waals surface area contributed by atoms with E-state index in [4.69, 9.17) is 25.1 Å². The zero-order valence-corrected chi connectivity index (χ0v) is 45.7. The second-order valence-electron chi connectivity index (χ2n) is 19.1. The Bertz CT molecular complexity index is 3330. The Morgan fingerprint density at radius 2 is 0.862 bits per heavy atom. The number of thiazole rings is 2. The average molecular weight is 1300 g/mol. The molecule has 2 aliphatic rings. The lowest BCUT2D eigenvalue weighted by atomic mass is 9.96. The second kappa shape index (κ2) is 28.4. The molecule has 0 bridgehead atoms. The molecule has 2 aliphatic heterocycles. The largest absolute Gasteiger partial charge is 0.485 e. The van der Waals surface area contributed by atoms with Gasteiger partial charge >= 0.3 is 37.1 Å². The maximum absolute atomic E-state index is 14.6. The van der Waals surface area contributed by atoms with Gasteiger partial charge in [0.2, 0.25) is 0 Å². The number of benzene rings is 4. The van der Waals surface area contributed by atoms with Crippen molar-refractivity contribution in [1.82, 2.24) is 19.8 Å². The number of aromatic nitrogens is 2. The molecular weight excluding hydrogens is 1260 g/mol. The molecule has 4 aromatic carbocycles. The van der Waals surface area contributed by atoms with Crippen molar-refractivity contribution < 1.29 is 112 Å². The summed E-state index contributed by atoms with van der Waals surface area (Å²) >= 11 is 2.05. The number of nitriles is 2. The molecular formula is C54H43F21N6O4S2. The lowest BCUT2D eigenvalue weighted by molar-refractivity contribution is -0.186. The van der Waals surface area contributed by atoms with Gasteiger partial charge in [-0.2, -0.15) is 89.6 Å². The SMILES string of the molecule is N#Cc1cc(F)c(OCc2sc(-c3ccc(C(F)(F)F)cc3)nc2CN2CCC(C(F)(F)F)CC2)cc1F.N#Cc1cc(F)c(OCc2sc(-c3ccc(C(F)(F)F)cc3)nc2CN2CCC(C(F)(F)F)CC2)cc1OCC(F)(F)F.OCC(F)(F)F. The number of hydrogen-bond acceptors (Lipinski definition) is 12. The highest BCUT2D eigenvalue weighted by atomic mass is 32.1. The number of aliphatic hydroxyl groups excluding tert-OH is 1. The predicted molar refractivity (Wildman–Crippen MR) is 269 cm³/mol. The van der Waals surface area contributed by atoms with Crippen molar-refractivity contribution in [2.24, 2.45) is 11.8 Å². The van der Waals surface area contributed by atoms with Crippen molar-refractivity contribution in [3.63, 3.8) is 0 Å². The van der Waals surface area contributed by atoms with E-state index >= 15 is 0 Å². The zero-order chi connectivity index (χ0) is 64.5. The molecule has 87 heavy (non-hydrogen) atoms. The maximum Gasteiger partial charge on any atom is 0.422 e. The number of rotatable bonds is 14. The third-order valence-corrected chi connectivity index (χ3v) is 15.1. The Hall–Kier alpha value is -7.07. The summed E-state index contributed by atoms with van der Waals surface area (Å²) in [4.78, 5) is 13.3. The molecule has 2 saturated heterocycles. The van der Waals surface area contributed by atoms with E-state index in [9.17, 15) is 92.2 Å². The number of aliphatic hydroxyl groups is 1. The minimum Gasteiger partial charge on any atom is -0.485 e. The monoisotopic (exact) mass is 1300 g/mol. The molecule has 4 heterocycles. The highest BCUT2D eigenvalue weighted by Gasteiger charge is 2.43. The fraction of sp³-hybridized carbons (Fsp3) is 0.407. The number of hydrogen-bond donors (Lipinski definition) is 1. The summed E-state index contributed by atoms with van der Waals surface area (Å²) in [6.07, 6.45) is -27.3. The van der Waals surface area contributed by atoms with Gasteiger partial charge in [0, 0.05) is 36.3 Å². The van der Waals surface area contributed by atoms with Crippen LogP contribution in [0, 0.1) is 51.9 Å². The third kappa shape index (κ3) is 20.2. The van der Waals surface area contributed by atoms with Gasteiger partial charge < -0.3 is 19.3 Å². The molecule has 2 fully saturated rings. The van der Waals surface area contributed by atoms with Crippen LogP contribution < -0.4 is 14.2 Å². The number of ether oxygens (including phenoxy) is 3. The summed E-state index contributed by atoms with van der Waals surface area (Å²) in [6.45, 7) is -3.42. The smallest absolute Gasteiger partial charge is 0.422 e. The first-order chi connectivity index (χ1) is 40.4. The van der Waals surface area contributed by atoms with Crippen molar-refractivity contribution in [2.75, 3.05) is 39.4 Å². The highest BCUT2D eigenvalue weighted by molar-refractivity contribution is 7.15. The quantitative estimate of drug-likeness (QED) is 0.105. The van der Waals surface area contributed by atoms with Gasteiger partial charge in [0.15, 0.2) is 29.7 Å². The van der Waals surface area contributed by atoms with Crippen LogP contribution >= 0.6 is 22.7 Å². The molecule has 0 saturated carbocycles. The molecule has 0 amide bonds. The summed E-state index contributed by atoms with van der Waals surface area (Å²) in [5, 5.41) is 25.9. The van der Waals surface area contributed by atoms with Gasteiger partial charge in [-0.15, -0.1) is 22.7 Å². The minimum absolute atomic E-state index is 0.0657. The Balaban J connectivity index is 0.000000255. The first kappa shape index (κ1) is 69.0. The van der Waals surface area contributed by atoms with Crippen molar-refractivity contribution in [3.05, 3.63) is 134 Å². The van der Waals surface area contributed by atoms with E-state index in [1.54, 1.807) is 9.80 Å². The molecule has 472 valence electrons. The molecule has 33 heteroatoms. The predicted octanol–water partition coefficient (Wildman–Crippen LogP) is 16.0. The maximum atomic E-state index is 14.6. The molecule has 0 unspecified atom stereocenters. The average Bonchev–Trinajstić information content (AvgIpc) is 2.11. The molecule has 10 nitrogen and oxygen atoms in total. The van der Waals surface area contributed by atoms with Gasteiger partial charge in [0.1, 0.15) is 53.5 Å².